The Hall–Kier alpha value is -8.54. The van der Waals surface area contributed by atoms with Gasteiger partial charge in [-0.2, -0.15) is 0 Å². The molecule has 0 bridgehead atoms. The van der Waals surface area contributed by atoms with Crippen molar-refractivity contribution in [2.24, 2.45) is 0 Å². The first-order chi connectivity index (χ1) is 31.2. The van der Waals surface area contributed by atoms with Crippen molar-refractivity contribution in [3.8, 4) is 51.0 Å². The summed E-state index contributed by atoms with van der Waals surface area (Å²) in [4.78, 5) is 10.6. The molecule has 0 amide bonds. The molecule has 63 heavy (non-hydrogen) atoms. The van der Waals surface area contributed by atoms with Crippen molar-refractivity contribution in [2.75, 3.05) is 0 Å². The lowest BCUT2D eigenvalue weighted by Gasteiger charge is -2.13. The second-order valence-electron chi connectivity index (χ2n) is 16.2. The summed E-state index contributed by atoms with van der Waals surface area (Å²) in [6.45, 7) is 0. The number of benzene rings is 9. The first-order valence-electron chi connectivity index (χ1n) is 21.4. The molecule has 0 saturated carbocycles. The molecule has 5 nitrogen and oxygen atoms in total. The number of rotatable bonds is 6. The van der Waals surface area contributed by atoms with Crippen LogP contribution in [0.5, 0.6) is 0 Å². The van der Waals surface area contributed by atoms with Crippen LogP contribution >= 0.6 is 0 Å². The largest absolute Gasteiger partial charge is 0.309 e. The van der Waals surface area contributed by atoms with E-state index < -0.39 is 0 Å². The van der Waals surface area contributed by atoms with E-state index in [0.717, 1.165) is 45.1 Å². The molecule has 0 aliphatic carbocycles. The van der Waals surface area contributed by atoms with Crippen molar-refractivity contribution < 1.29 is 0 Å². The Labute approximate surface area is 363 Å². The lowest BCUT2D eigenvalue weighted by atomic mass is 10.1. The second kappa shape index (κ2) is 14.0. The van der Waals surface area contributed by atoms with E-state index in [1.165, 1.54) is 65.4 Å². The Morgan fingerprint density at radius 3 is 0.746 bits per heavy atom. The predicted molar refractivity (Wildman–Crippen MR) is 261 cm³/mol. The molecule has 4 heterocycles. The fourth-order valence-corrected chi connectivity index (χ4v) is 9.80. The van der Waals surface area contributed by atoms with E-state index >= 15 is 0 Å². The molecule has 9 aromatic carbocycles. The minimum absolute atomic E-state index is 0.675. The number of aromatic nitrogens is 5. The molecule has 13 aromatic rings. The van der Waals surface area contributed by atoms with Crippen LogP contribution < -0.4 is 0 Å². The molecule has 0 spiro atoms. The highest BCUT2D eigenvalue weighted by atomic mass is 15.0. The number of hydrogen-bond acceptors (Lipinski definition) is 2. The molecular formula is C58H37N5. The zero-order valence-corrected chi connectivity index (χ0v) is 34.1. The van der Waals surface area contributed by atoms with Crippen LogP contribution in [0.15, 0.2) is 224 Å². The van der Waals surface area contributed by atoms with Gasteiger partial charge in [0.2, 0.25) is 0 Å². The van der Waals surface area contributed by atoms with Gasteiger partial charge in [0.15, 0.2) is 5.82 Å². The first kappa shape index (κ1) is 35.2. The zero-order valence-electron chi connectivity index (χ0n) is 34.1. The van der Waals surface area contributed by atoms with Gasteiger partial charge in [0, 0.05) is 66.1 Å². The van der Waals surface area contributed by atoms with Crippen LogP contribution in [-0.2, 0) is 0 Å². The third-order valence-corrected chi connectivity index (χ3v) is 12.7. The molecule has 0 saturated heterocycles. The molecule has 0 aliphatic heterocycles. The van der Waals surface area contributed by atoms with E-state index in [-0.39, 0.29) is 0 Å². The van der Waals surface area contributed by atoms with Crippen LogP contribution in [0.4, 0.5) is 0 Å². The molecule has 4 aromatic heterocycles. The first-order valence-corrected chi connectivity index (χ1v) is 21.4. The molecule has 0 fully saturated rings. The van der Waals surface area contributed by atoms with Gasteiger partial charge in [-0.3, -0.25) is 0 Å². The number of nitrogens with zero attached hydrogens (tertiary/aromatic N) is 5. The van der Waals surface area contributed by atoms with Crippen LogP contribution in [0.3, 0.4) is 0 Å². The number of fused-ring (bicyclic) bond motifs is 9. The van der Waals surface area contributed by atoms with Crippen molar-refractivity contribution in [3.63, 3.8) is 0 Å². The lowest BCUT2D eigenvalue weighted by molar-refractivity contribution is 1.16. The van der Waals surface area contributed by atoms with Gasteiger partial charge >= 0.3 is 0 Å². The third kappa shape index (κ3) is 5.57. The molecule has 5 heteroatoms. The highest BCUT2D eigenvalue weighted by Crippen LogP contribution is 2.37. The van der Waals surface area contributed by atoms with Crippen molar-refractivity contribution >= 4 is 65.4 Å². The van der Waals surface area contributed by atoms with Crippen LogP contribution in [0.25, 0.3) is 116 Å². The summed E-state index contributed by atoms with van der Waals surface area (Å²) in [5.74, 6) is 0.675. The van der Waals surface area contributed by atoms with Gasteiger partial charge in [-0.05, 0) is 91.0 Å². The summed E-state index contributed by atoms with van der Waals surface area (Å²) in [5, 5.41) is 7.47. The lowest BCUT2D eigenvalue weighted by Crippen LogP contribution is -1.98. The monoisotopic (exact) mass is 803 g/mol. The summed E-state index contributed by atoms with van der Waals surface area (Å²) in [5.41, 5.74) is 15.1. The molecule has 13 rings (SSSR count). The fraction of sp³-hybridized carbons (Fsp3) is 0. The maximum absolute atomic E-state index is 5.28. The quantitative estimate of drug-likeness (QED) is 0.168. The van der Waals surface area contributed by atoms with E-state index in [4.69, 9.17) is 9.97 Å². The molecule has 0 N–H and O–H groups in total. The van der Waals surface area contributed by atoms with Gasteiger partial charge in [0.1, 0.15) is 0 Å². The molecule has 0 aliphatic rings. The Balaban J connectivity index is 0.933. The highest BCUT2D eigenvalue weighted by Gasteiger charge is 2.17. The van der Waals surface area contributed by atoms with Crippen molar-refractivity contribution in [1.29, 1.82) is 0 Å². The van der Waals surface area contributed by atoms with Crippen LogP contribution in [-0.4, -0.2) is 23.7 Å². The summed E-state index contributed by atoms with van der Waals surface area (Å²) in [6.07, 6.45) is 0. The van der Waals surface area contributed by atoms with E-state index in [1.807, 2.05) is 0 Å². The van der Waals surface area contributed by atoms with E-state index in [9.17, 15) is 0 Å². The van der Waals surface area contributed by atoms with Gasteiger partial charge in [-0.25, -0.2) is 9.97 Å². The van der Waals surface area contributed by atoms with Crippen LogP contribution in [0.1, 0.15) is 0 Å². The van der Waals surface area contributed by atoms with Gasteiger partial charge in [-0.15, -0.1) is 0 Å². The highest BCUT2D eigenvalue weighted by molar-refractivity contribution is 6.11. The smallest absolute Gasteiger partial charge is 0.160 e. The average molecular weight is 804 g/mol. The predicted octanol–water partition coefficient (Wildman–Crippen LogP) is 14.8. The Morgan fingerprint density at radius 2 is 0.476 bits per heavy atom. The van der Waals surface area contributed by atoms with Crippen LogP contribution in [0, 0.1) is 0 Å². The fourth-order valence-electron chi connectivity index (χ4n) is 9.80. The van der Waals surface area contributed by atoms with Crippen molar-refractivity contribution in [1.82, 2.24) is 23.7 Å². The molecule has 0 unspecified atom stereocenters. The summed E-state index contributed by atoms with van der Waals surface area (Å²) in [6, 6.07) is 80.1. The average Bonchev–Trinajstić information content (AvgIpc) is 4.00. The topological polar surface area (TPSA) is 40.6 Å². The van der Waals surface area contributed by atoms with Gasteiger partial charge in [-0.1, -0.05) is 133 Å². The van der Waals surface area contributed by atoms with E-state index in [2.05, 4.69) is 238 Å². The van der Waals surface area contributed by atoms with Gasteiger partial charge in [0.05, 0.1) is 44.5 Å². The van der Waals surface area contributed by atoms with Crippen molar-refractivity contribution in [2.45, 2.75) is 0 Å². The summed E-state index contributed by atoms with van der Waals surface area (Å²) in [7, 11) is 0. The molecule has 294 valence electrons. The molecule has 0 radical (unpaired) electrons. The Morgan fingerprint density at radius 1 is 0.238 bits per heavy atom. The van der Waals surface area contributed by atoms with E-state index in [1.54, 1.807) is 0 Å². The molecule has 0 atom stereocenters. The van der Waals surface area contributed by atoms with E-state index in [0.29, 0.717) is 5.82 Å². The summed E-state index contributed by atoms with van der Waals surface area (Å²) < 4.78 is 7.04. The maximum Gasteiger partial charge on any atom is 0.160 e. The SMILES string of the molecule is c1ccc2c(c1)c1ccccc1n2-c1ccc(-c2cc(-c3ccc(-n4c5ccccc5c5ccccc54)cc3)nc(-c3ccc(-n4c5ccccc5c5ccccc54)cc3)n2)cc1. The number of para-hydroxylation sites is 6. The summed E-state index contributed by atoms with van der Waals surface area (Å²) >= 11 is 0. The van der Waals surface area contributed by atoms with Crippen molar-refractivity contribution in [3.05, 3.63) is 224 Å². The second-order valence-corrected chi connectivity index (χ2v) is 16.2. The van der Waals surface area contributed by atoms with Gasteiger partial charge in [0.25, 0.3) is 0 Å². The standard InChI is InChI=1S/C58H37N5/c1-7-19-52-44(13-1)45-14-2-8-20-53(45)61(52)41-31-25-38(26-32-41)50-37-51(39-27-33-42(34-28-39)62-54-21-9-3-15-46(54)47-16-4-10-22-55(47)62)60-58(59-50)40-29-35-43(36-30-40)63-56-23-11-5-17-48(56)49-18-6-12-24-57(49)63/h1-37H. The maximum atomic E-state index is 5.28. The molecular weight excluding hydrogens is 767 g/mol. The Bertz CT molecular complexity index is 3310. The van der Waals surface area contributed by atoms with Crippen LogP contribution in [0.2, 0.25) is 0 Å². The minimum Gasteiger partial charge on any atom is -0.309 e. The Kier molecular flexibility index (Phi) is 7.84. The minimum atomic E-state index is 0.675. The third-order valence-electron chi connectivity index (χ3n) is 12.7. The van der Waals surface area contributed by atoms with Gasteiger partial charge < -0.3 is 13.7 Å². The number of hydrogen-bond donors (Lipinski definition) is 0. The zero-order chi connectivity index (χ0) is 41.4. The normalized spacial score (nSPS) is 11.8.